The number of nitrogens with one attached hydrogen (secondary N) is 1. The predicted molar refractivity (Wildman–Crippen MR) is 93.3 cm³/mol. The van der Waals surface area contributed by atoms with Crippen molar-refractivity contribution in [2.45, 2.75) is 38.1 Å². The largest absolute Gasteiger partial charge is 0.375 e. The van der Waals surface area contributed by atoms with E-state index in [9.17, 15) is 4.39 Å². The molecule has 1 aliphatic carbocycles. The van der Waals surface area contributed by atoms with Crippen LogP contribution in [-0.2, 0) is 0 Å². The van der Waals surface area contributed by atoms with Crippen LogP contribution in [0.5, 0.6) is 0 Å². The van der Waals surface area contributed by atoms with Gasteiger partial charge in [0, 0.05) is 5.92 Å². The van der Waals surface area contributed by atoms with Crippen molar-refractivity contribution in [2.24, 2.45) is 5.92 Å². The Balaban J connectivity index is 1.74. The summed E-state index contributed by atoms with van der Waals surface area (Å²) in [5, 5.41) is 3.49. The fourth-order valence-electron chi connectivity index (χ4n) is 4.00. The molecule has 0 unspecified atom stereocenters. The molecular formula is C21H22FN. The lowest BCUT2D eigenvalue weighted by Crippen LogP contribution is -2.29. The maximum atomic E-state index is 14.3. The Labute approximate surface area is 137 Å². The summed E-state index contributed by atoms with van der Waals surface area (Å²) in [5.41, 5.74) is 4.37. The Morgan fingerprint density at radius 1 is 1.09 bits per heavy atom. The van der Waals surface area contributed by atoms with Crippen LogP contribution < -0.4 is 5.32 Å². The number of benzene rings is 2. The van der Waals surface area contributed by atoms with Crippen molar-refractivity contribution in [3.8, 4) is 0 Å². The lowest BCUT2D eigenvalue weighted by Gasteiger charge is -2.37. The molecule has 0 radical (unpaired) electrons. The van der Waals surface area contributed by atoms with Crippen LogP contribution in [0.2, 0.25) is 0 Å². The molecule has 1 aliphatic heterocycles. The minimum atomic E-state index is -0.148. The first-order valence-electron chi connectivity index (χ1n) is 8.46. The Bertz CT molecular complexity index is 745. The monoisotopic (exact) mass is 307 g/mol. The van der Waals surface area contributed by atoms with Crippen molar-refractivity contribution in [1.29, 1.82) is 0 Å². The van der Waals surface area contributed by atoms with E-state index >= 15 is 0 Å². The molecule has 118 valence electrons. The molecule has 0 saturated heterocycles. The molecule has 23 heavy (non-hydrogen) atoms. The summed E-state index contributed by atoms with van der Waals surface area (Å²) in [7, 11) is 0. The van der Waals surface area contributed by atoms with E-state index in [-0.39, 0.29) is 11.9 Å². The van der Waals surface area contributed by atoms with Crippen LogP contribution in [0.4, 0.5) is 10.1 Å². The summed E-state index contributed by atoms with van der Waals surface area (Å²) < 4.78 is 14.3. The highest BCUT2D eigenvalue weighted by molar-refractivity contribution is 5.60. The van der Waals surface area contributed by atoms with E-state index in [4.69, 9.17) is 0 Å². The average molecular weight is 307 g/mol. The molecule has 2 aromatic carbocycles. The van der Waals surface area contributed by atoms with E-state index in [1.807, 2.05) is 6.07 Å². The molecule has 2 aromatic rings. The van der Waals surface area contributed by atoms with Gasteiger partial charge in [-0.3, -0.25) is 0 Å². The minimum absolute atomic E-state index is 0.148. The van der Waals surface area contributed by atoms with Crippen LogP contribution in [-0.4, -0.2) is 0 Å². The molecule has 1 N–H and O–H groups in total. The number of halogens is 1. The number of anilines is 1. The quantitative estimate of drug-likeness (QED) is 0.694. The first-order chi connectivity index (χ1) is 11.1. The third-order valence-corrected chi connectivity index (χ3v) is 5.31. The molecule has 0 spiro atoms. The highest BCUT2D eigenvalue weighted by Gasteiger charge is 2.38. The fraction of sp³-hybridized carbons (Fsp3) is 0.333. The zero-order valence-electron chi connectivity index (χ0n) is 13.6. The Hall–Kier alpha value is -2.09. The Morgan fingerprint density at radius 3 is 2.61 bits per heavy atom. The molecule has 0 bridgehead atoms. The fourth-order valence-corrected chi connectivity index (χ4v) is 4.00. The molecule has 0 fully saturated rings. The number of hydrogen-bond donors (Lipinski definition) is 1. The van der Waals surface area contributed by atoms with E-state index in [2.05, 4.69) is 61.6 Å². The van der Waals surface area contributed by atoms with Crippen LogP contribution in [0.3, 0.4) is 0 Å². The van der Waals surface area contributed by atoms with Crippen molar-refractivity contribution in [1.82, 2.24) is 0 Å². The zero-order chi connectivity index (χ0) is 16.0. The molecule has 0 saturated carbocycles. The summed E-state index contributed by atoms with van der Waals surface area (Å²) in [6, 6.07) is 14.4. The molecule has 2 heteroatoms. The molecule has 3 atom stereocenters. The summed E-state index contributed by atoms with van der Waals surface area (Å²) in [5.74, 6) is 1.17. The van der Waals surface area contributed by atoms with Gasteiger partial charge in [-0.25, -0.2) is 4.39 Å². The molecule has 4 rings (SSSR count). The van der Waals surface area contributed by atoms with Crippen molar-refractivity contribution >= 4 is 5.69 Å². The second kappa shape index (κ2) is 5.52. The summed E-state index contributed by atoms with van der Waals surface area (Å²) in [6.07, 6.45) is 5.54. The van der Waals surface area contributed by atoms with Gasteiger partial charge in [0.25, 0.3) is 0 Å². The maximum absolute atomic E-state index is 14.3. The van der Waals surface area contributed by atoms with Gasteiger partial charge < -0.3 is 5.32 Å². The summed E-state index contributed by atoms with van der Waals surface area (Å²) >= 11 is 0. The van der Waals surface area contributed by atoms with Crippen LogP contribution in [0, 0.1) is 11.7 Å². The number of rotatable bonds is 2. The first-order valence-corrected chi connectivity index (χ1v) is 8.46. The average Bonchev–Trinajstić information content (AvgIpc) is 3.04. The van der Waals surface area contributed by atoms with Crippen molar-refractivity contribution in [3.05, 3.63) is 77.1 Å². The highest BCUT2D eigenvalue weighted by atomic mass is 19.1. The molecule has 0 aromatic heterocycles. The van der Waals surface area contributed by atoms with Gasteiger partial charge >= 0.3 is 0 Å². The van der Waals surface area contributed by atoms with E-state index in [1.54, 1.807) is 6.07 Å². The van der Waals surface area contributed by atoms with E-state index < -0.39 is 0 Å². The molecule has 1 nitrogen and oxygen atoms in total. The van der Waals surface area contributed by atoms with Crippen LogP contribution in [0.15, 0.2) is 54.6 Å². The molecular weight excluding hydrogens is 285 g/mol. The van der Waals surface area contributed by atoms with Gasteiger partial charge in [0.05, 0.1) is 11.7 Å². The Kier molecular flexibility index (Phi) is 3.48. The second-order valence-corrected chi connectivity index (χ2v) is 7.00. The van der Waals surface area contributed by atoms with Crippen molar-refractivity contribution < 1.29 is 4.39 Å². The molecule has 0 amide bonds. The zero-order valence-corrected chi connectivity index (χ0v) is 13.6. The third-order valence-electron chi connectivity index (χ3n) is 5.31. The van der Waals surface area contributed by atoms with Crippen LogP contribution in [0.1, 0.15) is 54.8 Å². The van der Waals surface area contributed by atoms with Gasteiger partial charge in [-0.1, -0.05) is 62.4 Å². The van der Waals surface area contributed by atoms with Crippen LogP contribution >= 0.6 is 0 Å². The highest BCUT2D eigenvalue weighted by Crippen LogP contribution is 2.50. The maximum Gasteiger partial charge on any atom is 0.146 e. The van der Waals surface area contributed by atoms with Gasteiger partial charge in [-0.05, 0) is 41.0 Å². The SMILES string of the molecule is CC(C)c1ccc([C@@H]2Nc3c(F)cccc3[C@H]3C=CC[C@@H]32)cc1. The van der Waals surface area contributed by atoms with Crippen LogP contribution in [0.25, 0.3) is 0 Å². The molecule has 2 aliphatic rings. The minimum Gasteiger partial charge on any atom is -0.375 e. The number of para-hydroxylation sites is 1. The summed E-state index contributed by atoms with van der Waals surface area (Å²) in [4.78, 5) is 0. The van der Waals surface area contributed by atoms with Crippen molar-refractivity contribution in [2.75, 3.05) is 5.32 Å². The normalized spacial score (nSPS) is 25.1. The lowest BCUT2D eigenvalue weighted by molar-refractivity contribution is 0.420. The second-order valence-electron chi connectivity index (χ2n) is 7.00. The Morgan fingerprint density at radius 2 is 1.87 bits per heavy atom. The van der Waals surface area contributed by atoms with E-state index in [1.165, 1.54) is 11.1 Å². The lowest BCUT2D eigenvalue weighted by atomic mass is 9.77. The van der Waals surface area contributed by atoms with E-state index in [0.29, 0.717) is 23.4 Å². The van der Waals surface area contributed by atoms with E-state index in [0.717, 1.165) is 12.0 Å². The standard InChI is InChI=1S/C21H22FN/c1-13(2)14-9-11-15(12-10-14)20-17-6-3-5-16(17)18-7-4-8-19(22)21(18)23-20/h3-5,7-13,16-17,20,23H,6H2,1-2H3/t16-,17-,20-/m0/s1. The smallest absolute Gasteiger partial charge is 0.146 e. The molecule has 1 heterocycles. The van der Waals surface area contributed by atoms with Gasteiger partial charge in [0.2, 0.25) is 0 Å². The summed E-state index contributed by atoms with van der Waals surface area (Å²) in [6.45, 7) is 4.41. The van der Waals surface area contributed by atoms with Gasteiger partial charge in [-0.15, -0.1) is 0 Å². The third kappa shape index (κ3) is 2.37. The predicted octanol–water partition coefficient (Wildman–Crippen LogP) is 5.78. The van der Waals surface area contributed by atoms with Crippen molar-refractivity contribution in [3.63, 3.8) is 0 Å². The number of allylic oxidation sites excluding steroid dienone is 2. The number of hydrogen-bond acceptors (Lipinski definition) is 1. The first kappa shape index (κ1) is 14.5. The van der Waals surface area contributed by atoms with Gasteiger partial charge in [0.15, 0.2) is 0 Å². The topological polar surface area (TPSA) is 12.0 Å². The van der Waals surface area contributed by atoms with Gasteiger partial charge in [0.1, 0.15) is 5.82 Å². The van der Waals surface area contributed by atoms with Gasteiger partial charge in [-0.2, -0.15) is 0 Å². The number of fused-ring (bicyclic) bond motifs is 3.